The molecule has 2 aromatic carbocycles. The maximum Gasteiger partial charge on any atom is 0.246 e. The number of aromatic nitrogens is 3. The lowest BCUT2D eigenvalue weighted by Gasteiger charge is -2.06. The third-order valence-corrected chi connectivity index (χ3v) is 3.00. The van der Waals surface area contributed by atoms with Gasteiger partial charge in [0.2, 0.25) is 5.95 Å². The minimum absolute atomic E-state index is 0.256. The van der Waals surface area contributed by atoms with E-state index in [4.69, 9.17) is 4.74 Å². The Bertz CT molecular complexity index is 799. The standard InChI is InChI=1S/C16H14F2N4O/c1-2-23-15-5-3-4-13(9-15)20-16-19-10-22(21-16)14-7-11(17)6-12(18)8-14/h3-10H,2H2,1H3,(H,20,21). The van der Waals surface area contributed by atoms with E-state index in [9.17, 15) is 8.78 Å². The van der Waals surface area contributed by atoms with Crippen LogP contribution in [0, 0.1) is 11.6 Å². The highest BCUT2D eigenvalue weighted by molar-refractivity contribution is 5.55. The van der Waals surface area contributed by atoms with Gasteiger partial charge in [-0.2, -0.15) is 4.98 Å². The van der Waals surface area contributed by atoms with Gasteiger partial charge in [-0.3, -0.25) is 0 Å². The van der Waals surface area contributed by atoms with Crippen molar-refractivity contribution in [1.82, 2.24) is 14.8 Å². The topological polar surface area (TPSA) is 52.0 Å². The number of benzene rings is 2. The summed E-state index contributed by atoms with van der Waals surface area (Å²) in [6.45, 7) is 2.48. The molecule has 0 amide bonds. The molecule has 23 heavy (non-hydrogen) atoms. The van der Waals surface area contributed by atoms with Crippen LogP contribution in [0.4, 0.5) is 20.4 Å². The molecule has 7 heteroatoms. The molecule has 0 aliphatic heterocycles. The van der Waals surface area contributed by atoms with E-state index < -0.39 is 11.6 Å². The summed E-state index contributed by atoms with van der Waals surface area (Å²) < 4.78 is 33.2. The maximum absolute atomic E-state index is 13.3. The van der Waals surface area contributed by atoms with Crippen molar-refractivity contribution < 1.29 is 13.5 Å². The van der Waals surface area contributed by atoms with Crippen LogP contribution >= 0.6 is 0 Å². The average molecular weight is 316 g/mol. The van der Waals surface area contributed by atoms with Gasteiger partial charge in [0, 0.05) is 17.8 Å². The van der Waals surface area contributed by atoms with Crippen LogP contribution in [0.2, 0.25) is 0 Å². The third kappa shape index (κ3) is 3.63. The van der Waals surface area contributed by atoms with Crippen LogP contribution in [0.3, 0.4) is 0 Å². The molecule has 3 aromatic rings. The van der Waals surface area contributed by atoms with Gasteiger partial charge in [0.1, 0.15) is 23.7 Å². The molecule has 0 unspecified atom stereocenters. The van der Waals surface area contributed by atoms with Crippen molar-refractivity contribution in [3.63, 3.8) is 0 Å². The first kappa shape index (κ1) is 15.0. The zero-order chi connectivity index (χ0) is 16.2. The molecule has 0 radical (unpaired) electrons. The predicted molar refractivity (Wildman–Crippen MR) is 82.2 cm³/mol. The molecule has 3 rings (SSSR count). The van der Waals surface area contributed by atoms with Crippen LogP contribution < -0.4 is 10.1 Å². The molecular weight excluding hydrogens is 302 g/mol. The molecule has 0 saturated heterocycles. The molecule has 0 aliphatic carbocycles. The first-order valence-electron chi connectivity index (χ1n) is 7.02. The number of nitrogens with one attached hydrogen (secondary N) is 1. The lowest BCUT2D eigenvalue weighted by molar-refractivity contribution is 0.340. The molecule has 0 aliphatic rings. The van der Waals surface area contributed by atoms with E-state index in [1.54, 1.807) is 0 Å². The Kier molecular flexibility index (Phi) is 4.18. The van der Waals surface area contributed by atoms with Crippen LogP contribution in [0.1, 0.15) is 6.92 Å². The van der Waals surface area contributed by atoms with Gasteiger partial charge in [0.25, 0.3) is 0 Å². The number of nitrogens with zero attached hydrogens (tertiary/aromatic N) is 3. The average Bonchev–Trinajstić information content (AvgIpc) is 2.95. The van der Waals surface area contributed by atoms with E-state index in [1.165, 1.54) is 23.1 Å². The fourth-order valence-electron chi connectivity index (χ4n) is 2.08. The van der Waals surface area contributed by atoms with Crippen LogP contribution in [0.15, 0.2) is 48.8 Å². The van der Waals surface area contributed by atoms with Gasteiger partial charge in [0.05, 0.1) is 12.3 Å². The van der Waals surface area contributed by atoms with Crippen molar-refractivity contribution in [1.29, 1.82) is 0 Å². The summed E-state index contributed by atoms with van der Waals surface area (Å²) in [6.07, 6.45) is 1.38. The fraction of sp³-hybridized carbons (Fsp3) is 0.125. The van der Waals surface area contributed by atoms with Crippen LogP contribution in [0.25, 0.3) is 5.69 Å². The minimum atomic E-state index is -0.672. The Balaban J connectivity index is 1.80. The van der Waals surface area contributed by atoms with E-state index in [-0.39, 0.29) is 5.69 Å². The van der Waals surface area contributed by atoms with E-state index in [0.717, 1.165) is 17.5 Å². The molecule has 118 valence electrons. The number of anilines is 2. The lowest BCUT2D eigenvalue weighted by Crippen LogP contribution is -1.99. The Hall–Kier alpha value is -2.96. The summed E-state index contributed by atoms with van der Waals surface area (Å²) >= 11 is 0. The summed E-state index contributed by atoms with van der Waals surface area (Å²) in [7, 11) is 0. The Morgan fingerprint density at radius 3 is 2.65 bits per heavy atom. The van der Waals surface area contributed by atoms with E-state index >= 15 is 0 Å². The van der Waals surface area contributed by atoms with Crippen molar-refractivity contribution in [2.75, 3.05) is 11.9 Å². The normalized spacial score (nSPS) is 10.6. The molecule has 0 spiro atoms. The predicted octanol–water partition coefficient (Wildman–Crippen LogP) is 3.69. The number of halogens is 2. The Morgan fingerprint density at radius 2 is 1.91 bits per heavy atom. The van der Waals surface area contributed by atoms with Crippen molar-refractivity contribution in [2.45, 2.75) is 6.92 Å². The number of hydrogen-bond acceptors (Lipinski definition) is 4. The molecular formula is C16H14F2N4O. The van der Waals surface area contributed by atoms with Crippen LogP contribution in [-0.4, -0.2) is 21.4 Å². The quantitative estimate of drug-likeness (QED) is 0.780. The summed E-state index contributed by atoms with van der Waals surface area (Å²) in [5.74, 6) is -0.309. The molecule has 1 N–H and O–H groups in total. The zero-order valence-corrected chi connectivity index (χ0v) is 12.3. The Labute approximate surface area is 131 Å². The minimum Gasteiger partial charge on any atom is -0.494 e. The van der Waals surface area contributed by atoms with Crippen molar-refractivity contribution >= 4 is 11.6 Å². The second kappa shape index (κ2) is 6.43. The third-order valence-electron chi connectivity index (χ3n) is 3.00. The monoisotopic (exact) mass is 316 g/mol. The molecule has 1 heterocycles. The molecule has 5 nitrogen and oxygen atoms in total. The smallest absolute Gasteiger partial charge is 0.246 e. The molecule has 0 saturated carbocycles. The molecule has 0 atom stereocenters. The van der Waals surface area contributed by atoms with Gasteiger partial charge in [-0.1, -0.05) is 6.07 Å². The van der Waals surface area contributed by atoms with E-state index in [2.05, 4.69) is 15.4 Å². The van der Waals surface area contributed by atoms with Gasteiger partial charge >= 0.3 is 0 Å². The van der Waals surface area contributed by atoms with Gasteiger partial charge in [-0.15, -0.1) is 5.10 Å². The van der Waals surface area contributed by atoms with Crippen molar-refractivity contribution in [3.8, 4) is 11.4 Å². The highest BCUT2D eigenvalue weighted by Gasteiger charge is 2.07. The van der Waals surface area contributed by atoms with E-state index in [0.29, 0.717) is 12.6 Å². The number of rotatable bonds is 5. The zero-order valence-electron chi connectivity index (χ0n) is 12.3. The second-order valence-electron chi connectivity index (χ2n) is 4.73. The van der Waals surface area contributed by atoms with Crippen molar-refractivity contribution in [2.24, 2.45) is 0 Å². The van der Waals surface area contributed by atoms with Gasteiger partial charge in [-0.25, -0.2) is 13.5 Å². The van der Waals surface area contributed by atoms with Gasteiger partial charge in [0.15, 0.2) is 0 Å². The van der Waals surface area contributed by atoms with Crippen LogP contribution in [0.5, 0.6) is 5.75 Å². The summed E-state index contributed by atoms with van der Waals surface area (Å²) in [6, 6.07) is 10.5. The number of ether oxygens (including phenoxy) is 1. The van der Waals surface area contributed by atoms with Gasteiger partial charge < -0.3 is 10.1 Å². The van der Waals surface area contributed by atoms with Crippen LogP contribution in [-0.2, 0) is 0 Å². The van der Waals surface area contributed by atoms with E-state index in [1.807, 2.05) is 31.2 Å². The van der Waals surface area contributed by atoms with Gasteiger partial charge in [-0.05, 0) is 31.2 Å². The first-order valence-corrected chi connectivity index (χ1v) is 7.02. The highest BCUT2D eigenvalue weighted by Crippen LogP contribution is 2.20. The van der Waals surface area contributed by atoms with Crippen molar-refractivity contribution in [3.05, 3.63) is 60.4 Å². The highest BCUT2D eigenvalue weighted by atomic mass is 19.1. The fourth-order valence-corrected chi connectivity index (χ4v) is 2.08. The molecule has 0 fully saturated rings. The summed E-state index contributed by atoms with van der Waals surface area (Å²) in [5.41, 5.74) is 1.00. The molecule has 0 bridgehead atoms. The first-order chi connectivity index (χ1) is 11.1. The lowest BCUT2D eigenvalue weighted by atomic mass is 10.3. The Morgan fingerprint density at radius 1 is 1.13 bits per heavy atom. The second-order valence-corrected chi connectivity index (χ2v) is 4.73. The maximum atomic E-state index is 13.3. The SMILES string of the molecule is CCOc1cccc(Nc2ncn(-c3cc(F)cc(F)c3)n2)c1. The number of hydrogen-bond donors (Lipinski definition) is 1. The largest absolute Gasteiger partial charge is 0.494 e. The molecule has 1 aromatic heterocycles. The summed E-state index contributed by atoms with van der Waals surface area (Å²) in [5, 5.41) is 7.17. The summed E-state index contributed by atoms with van der Waals surface area (Å²) in [4.78, 5) is 4.08.